The van der Waals surface area contributed by atoms with Crippen LogP contribution in [-0.2, 0) is 16.0 Å². The molecule has 2 saturated heterocycles. The van der Waals surface area contributed by atoms with E-state index >= 15 is 0 Å². The smallest absolute Gasteiger partial charge is 0.251 e. The van der Waals surface area contributed by atoms with E-state index in [1.807, 2.05) is 12.1 Å². The molecule has 0 saturated carbocycles. The number of aryl methyl sites for hydroxylation is 1. The maximum Gasteiger partial charge on any atom is 0.251 e. The predicted molar refractivity (Wildman–Crippen MR) is 126 cm³/mol. The summed E-state index contributed by atoms with van der Waals surface area (Å²) in [5.74, 6) is 0.539. The molecule has 2 aliphatic heterocycles. The maximum absolute atomic E-state index is 13.1. The molecule has 1 atom stereocenters. The molecule has 4 rings (SSSR count). The molecule has 1 unspecified atom stereocenters. The normalized spacial score (nSPS) is 20.2. The zero-order valence-electron chi connectivity index (χ0n) is 18.9. The van der Waals surface area contributed by atoms with Crippen LogP contribution in [-0.4, -0.2) is 67.0 Å². The van der Waals surface area contributed by atoms with Gasteiger partial charge in [-0.05, 0) is 55.6 Å². The molecule has 0 aromatic heterocycles. The van der Waals surface area contributed by atoms with Crippen LogP contribution in [0.25, 0.3) is 0 Å². The molecule has 2 amide bonds. The summed E-state index contributed by atoms with van der Waals surface area (Å²) >= 11 is 0. The van der Waals surface area contributed by atoms with Gasteiger partial charge in [0, 0.05) is 26.2 Å². The third-order valence-electron chi connectivity index (χ3n) is 6.32. The Balaban J connectivity index is 1.27. The van der Waals surface area contributed by atoms with Crippen LogP contribution in [0.1, 0.15) is 31.7 Å². The number of carbonyl (C=O) groups is 2. The number of imide groups is 1. The number of hydrogen-bond donors (Lipinski definition) is 0. The highest BCUT2D eigenvalue weighted by Crippen LogP contribution is 2.28. The van der Waals surface area contributed by atoms with Crippen molar-refractivity contribution in [3.63, 3.8) is 0 Å². The van der Waals surface area contributed by atoms with Gasteiger partial charge in [-0.3, -0.25) is 14.5 Å². The quantitative estimate of drug-likeness (QED) is 0.566. The van der Waals surface area contributed by atoms with E-state index in [0.717, 1.165) is 57.7 Å². The summed E-state index contributed by atoms with van der Waals surface area (Å²) in [5, 5.41) is 0. The molecule has 0 N–H and O–H groups in total. The van der Waals surface area contributed by atoms with Crippen molar-refractivity contribution in [1.82, 2.24) is 9.80 Å². The number of benzene rings is 2. The van der Waals surface area contributed by atoms with Crippen molar-refractivity contribution in [3.8, 4) is 5.75 Å². The Labute approximate surface area is 190 Å². The number of carbonyl (C=O) groups excluding carboxylic acids is 2. The van der Waals surface area contributed by atoms with Crippen molar-refractivity contribution >= 4 is 17.5 Å². The highest BCUT2D eigenvalue weighted by Gasteiger charge is 2.43. The van der Waals surface area contributed by atoms with Crippen LogP contribution in [0.15, 0.2) is 54.6 Å². The Morgan fingerprint density at radius 3 is 2.34 bits per heavy atom. The minimum absolute atomic E-state index is 0.102. The number of piperazine rings is 1. The number of amides is 2. The van der Waals surface area contributed by atoms with Crippen LogP contribution in [0.2, 0.25) is 0 Å². The lowest BCUT2D eigenvalue weighted by Gasteiger charge is -2.37. The fourth-order valence-electron chi connectivity index (χ4n) is 4.53. The number of anilines is 1. The predicted octanol–water partition coefficient (Wildman–Crippen LogP) is 3.36. The zero-order chi connectivity index (χ0) is 22.3. The lowest BCUT2D eigenvalue weighted by molar-refractivity contribution is -0.123. The molecule has 2 aromatic carbocycles. The first-order chi connectivity index (χ1) is 15.7. The van der Waals surface area contributed by atoms with E-state index in [4.69, 9.17) is 4.74 Å². The van der Waals surface area contributed by atoms with Gasteiger partial charge in [0.05, 0.1) is 24.8 Å². The first kappa shape index (κ1) is 22.5. The van der Waals surface area contributed by atoms with Crippen LogP contribution in [0.5, 0.6) is 5.75 Å². The van der Waals surface area contributed by atoms with E-state index in [2.05, 4.69) is 47.1 Å². The van der Waals surface area contributed by atoms with Gasteiger partial charge in [-0.1, -0.05) is 37.3 Å². The molecule has 6 nitrogen and oxygen atoms in total. The molecule has 0 radical (unpaired) electrons. The topological polar surface area (TPSA) is 53.1 Å². The Morgan fingerprint density at radius 2 is 1.66 bits per heavy atom. The zero-order valence-corrected chi connectivity index (χ0v) is 18.9. The minimum atomic E-state index is -0.343. The first-order valence-corrected chi connectivity index (χ1v) is 11.8. The van der Waals surface area contributed by atoms with Gasteiger partial charge < -0.3 is 9.64 Å². The van der Waals surface area contributed by atoms with Gasteiger partial charge in [0.2, 0.25) is 5.91 Å². The van der Waals surface area contributed by atoms with Crippen LogP contribution >= 0.6 is 0 Å². The lowest BCUT2D eigenvalue weighted by Crippen LogP contribution is -2.52. The van der Waals surface area contributed by atoms with Gasteiger partial charge in [-0.15, -0.1) is 0 Å². The Hall–Kier alpha value is -2.70. The van der Waals surface area contributed by atoms with Gasteiger partial charge in [0.15, 0.2) is 0 Å². The summed E-state index contributed by atoms with van der Waals surface area (Å²) in [6.07, 6.45) is 3.43. The van der Waals surface area contributed by atoms with Crippen LogP contribution in [0, 0.1) is 0 Å². The molecule has 2 heterocycles. The molecule has 2 aliphatic rings. The van der Waals surface area contributed by atoms with Crippen LogP contribution < -0.4 is 9.64 Å². The number of rotatable bonds is 9. The van der Waals surface area contributed by atoms with Gasteiger partial charge in [-0.2, -0.15) is 0 Å². The summed E-state index contributed by atoms with van der Waals surface area (Å²) in [6.45, 7) is 7.31. The number of nitrogens with zero attached hydrogens (tertiary/aromatic N) is 3. The Morgan fingerprint density at radius 1 is 0.938 bits per heavy atom. The summed E-state index contributed by atoms with van der Waals surface area (Å²) < 4.78 is 5.60. The monoisotopic (exact) mass is 435 g/mol. The van der Waals surface area contributed by atoms with Crippen LogP contribution in [0.3, 0.4) is 0 Å². The van der Waals surface area contributed by atoms with E-state index < -0.39 is 0 Å². The molecule has 2 fully saturated rings. The van der Waals surface area contributed by atoms with Crippen molar-refractivity contribution in [3.05, 3.63) is 60.2 Å². The second-order valence-electron chi connectivity index (χ2n) is 8.60. The molecular formula is C26H33N3O3. The van der Waals surface area contributed by atoms with E-state index in [-0.39, 0.29) is 24.3 Å². The molecule has 2 aromatic rings. The summed E-state index contributed by atoms with van der Waals surface area (Å²) in [6, 6.07) is 17.5. The SMILES string of the molecule is CCCOc1ccc(N2C(=O)CC(N3CCN(CCCc4ccccc4)CC3)C2=O)cc1. The van der Waals surface area contributed by atoms with Crippen molar-refractivity contribution in [2.45, 2.75) is 38.6 Å². The first-order valence-electron chi connectivity index (χ1n) is 11.8. The molecular weight excluding hydrogens is 402 g/mol. The van der Waals surface area contributed by atoms with Crippen LogP contribution in [0.4, 0.5) is 5.69 Å². The fourth-order valence-corrected chi connectivity index (χ4v) is 4.53. The van der Waals surface area contributed by atoms with Crippen molar-refractivity contribution in [2.75, 3.05) is 44.2 Å². The maximum atomic E-state index is 13.1. The van der Waals surface area contributed by atoms with Gasteiger partial charge >= 0.3 is 0 Å². The number of hydrogen-bond acceptors (Lipinski definition) is 5. The highest BCUT2D eigenvalue weighted by molar-refractivity contribution is 6.22. The summed E-state index contributed by atoms with van der Waals surface area (Å²) in [7, 11) is 0. The molecule has 0 spiro atoms. The molecule has 170 valence electrons. The summed E-state index contributed by atoms with van der Waals surface area (Å²) in [4.78, 5) is 31.8. The second-order valence-corrected chi connectivity index (χ2v) is 8.60. The second kappa shape index (κ2) is 10.7. The lowest BCUT2D eigenvalue weighted by atomic mass is 10.1. The van der Waals surface area contributed by atoms with Gasteiger partial charge in [-0.25, -0.2) is 4.90 Å². The average molecular weight is 436 g/mol. The van der Waals surface area contributed by atoms with Crippen molar-refractivity contribution < 1.29 is 14.3 Å². The Kier molecular flexibility index (Phi) is 7.55. The number of ether oxygens (including phenoxy) is 1. The summed E-state index contributed by atoms with van der Waals surface area (Å²) in [5.41, 5.74) is 2.01. The van der Waals surface area contributed by atoms with E-state index in [9.17, 15) is 9.59 Å². The van der Waals surface area contributed by atoms with E-state index in [1.54, 1.807) is 12.1 Å². The third-order valence-corrected chi connectivity index (χ3v) is 6.32. The largest absolute Gasteiger partial charge is 0.494 e. The molecule has 6 heteroatoms. The van der Waals surface area contributed by atoms with Crippen molar-refractivity contribution in [2.24, 2.45) is 0 Å². The molecule has 32 heavy (non-hydrogen) atoms. The average Bonchev–Trinajstić information content (AvgIpc) is 3.13. The van der Waals surface area contributed by atoms with Crippen molar-refractivity contribution in [1.29, 1.82) is 0 Å². The van der Waals surface area contributed by atoms with E-state index in [1.165, 1.54) is 10.5 Å². The third kappa shape index (κ3) is 5.37. The Bertz CT molecular complexity index is 892. The highest BCUT2D eigenvalue weighted by atomic mass is 16.5. The van der Waals surface area contributed by atoms with Gasteiger partial charge in [0.25, 0.3) is 5.91 Å². The standard InChI is InChI=1S/C26H33N3O3/c1-2-19-32-23-12-10-22(11-13-23)29-25(30)20-24(26(29)31)28-17-15-27(16-18-28)14-6-9-21-7-4-3-5-8-21/h3-5,7-8,10-13,24H,2,6,9,14-20H2,1H3. The fraction of sp³-hybridized carbons (Fsp3) is 0.462. The van der Waals surface area contributed by atoms with Gasteiger partial charge in [0.1, 0.15) is 5.75 Å². The molecule has 0 bridgehead atoms. The minimum Gasteiger partial charge on any atom is -0.494 e. The van der Waals surface area contributed by atoms with E-state index in [0.29, 0.717) is 12.3 Å². The molecule has 0 aliphatic carbocycles.